The number of carbonyl (C=O) groups is 1. The maximum absolute atomic E-state index is 12.2. The van der Waals surface area contributed by atoms with E-state index in [0.29, 0.717) is 12.6 Å². The topological polar surface area (TPSA) is 49.8 Å². The van der Waals surface area contributed by atoms with E-state index in [1.165, 1.54) is 0 Å². The first-order chi connectivity index (χ1) is 7.15. The number of hydrogen-bond acceptors (Lipinski definition) is 4. The first kappa shape index (κ1) is 11.0. The molecule has 0 radical (unpaired) electrons. The van der Waals surface area contributed by atoms with Crippen LogP contribution in [-0.2, 0) is 9.53 Å². The summed E-state index contributed by atoms with van der Waals surface area (Å²) in [4.78, 5) is 14.3. The minimum Gasteiger partial charge on any atom is -0.394 e. The number of fused-ring (bicyclic) bond motifs is 3. The standard InChI is InChI=1S/C11H19NO3/c1-8-5-9-3-4-12(8)11(6-13,7-15-2)10(9)14/h8-9,13H,3-7H2,1-2H3/t8?,9?,11-/m1/s1. The fourth-order valence-electron chi connectivity index (χ4n) is 3.17. The Labute approximate surface area is 90.2 Å². The summed E-state index contributed by atoms with van der Waals surface area (Å²) in [5.41, 5.74) is -0.755. The molecular formula is C11H19NO3. The second-order valence-corrected chi connectivity index (χ2v) is 4.75. The monoisotopic (exact) mass is 213 g/mol. The molecule has 1 N–H and O–H groups in total. The predicted molar refractivity (Wildman–Crippen MR) is 55.6 cm³/mol. The van der Waals surface area contributed by atoms with E-state index in [2.05, 4.69) is 11.8 Å². The molecule has 0 amide bonds. The third kappa shape index (κ3) is 1.43. The van der Waals surface area contributed by atoms with Gasteiger partial charge < -0.3 is 9.84 Å². The Morgan fingerprint density at radius 2 is 2.40 bits per heavy atom. The molecule has 3 rings (SSSR count). The zero-order valence-electron chi connectivity index (χ0n) is 9.40. The predicted octanol–water partition coefficient (Wildman–Crippen LogP) is 0.0471. The number of aliphatic hydroxyl groups is 1. The number of piperidine rings is 3. The molecule has 2 bridgehead atoms. The first-order valence-corrected chi connectivity index (χ1v) is 5.56. The number of aliphatic hydroxyl groups excluding tert-OH is 1. The van der Waals surface area contributed by atoms with Crippen molar-refractivity contribution >= 4 is 5.78 Å². The van der Waals surface area contributed by atoms with Gasteiger partial charge in [0.1, 0.15) is 5.54 Å². The molecule has 4 heteroatoms. The molecule has 15 heavy (non-hydrogen) atoms. The summed E-state index contributed by atoms with van der Waals surface area (Å²) >= 11 is 0. The van der Waals surface area contributed by atoms with Crippen LogP contribution in [0.1, 0.15) is 19.8 Å². The Morgan fingerprint density at radius 1 is 1.67 bits per heavy atom. The van der Waals surface area contributed by atoms with E-state index in [0.717, 1.165) is 19.4 Å². The van der Waals surface area contributed by atoms with Gasteiger partial charge in [-0.25, -0.2) is 0 Å². The lowest BCUT2D eigenvalue weighted by Gasteiger charge is -2.55. The zero-order valence-corrected chi connectivity index (χ0v) is 9.40. The summed E-state index contributed by atoms with van der Waals surface area (Å²) in [5, 5.41) is 9.54. The molecule has 0 aromatic heterocycles. The van der Waals surface area contributed by atoms with Gasteiger partial charge in [0.2, 0.25) is 0 Å². The Bertz CT molecular complexity index is 269. The van der Waals surface area contributed by atoms with Gasteiger partial charge in [-0.05, 0) is 19.8 Å². The van der Waals surface area contributed by atoms with Crippen LogP contribution in [0.5, 0.6) is 0 Å². The van der Waals surface area contributed by atoms with Crippen LogP contribution >= 0.6 is 0 Å². The van der Waals surface area contributed by atoms with Crippen LogP contribution in [0.4, 0.5) is 0 Å². The van der Waals surface area contributed by atoms with Gasteiger partial charge in [0.15, 0.2) is 5.78 Å². The normalized spacial score (nSPS) is 44.7. The average molecular weight is 213 g/mol. The van der Waals surface area contributed by atoms with E-state index < -0.39 is 5.54 Å². The molecule has 0 aliphatic carbocycles. The summed E-state index contributed by atoms with van der Waals surface area (Å²) in [6, 6.07) is 0.378. The van der Waals surface area contributed by atoms with E-state index in [1.54, 1.807) is 7.11 Å². The quantitative estimate of drug-likeness (QED) is 0.719. The Morgan fingerprint density at radius 3 is 2.93 bits per heavy atom. The number of Topliss-reactive ketones (excluding diaryl/α,β-unsaturated/α-hetero) is 1. The van der Waals surface area contributed by atoms with Crippen LogP contribution in [0.3, 0.4) is 0 Å². The third-order valence-electron chi connectivity index (χ3n) is 3.90. The van der Waals surface area contributed by atoms with Gasteiger partial charge in [-0.2, -0.15) is 0 Å². The van der Waals surface area contributed by atoms with Crippen molar-refractivity contribution in [1.29, 1.82) is 0 Å². The average Bonchev–Trinajstić information content (AvgIpc) is 2.24. The van der Waals surface area contributed by atoms with Gasteiger partial charge in [0, 0.05) is 25.6 Å². The molecule has 0 aromatic rings. The molecule has 0 aromatic carbocycles. The summed E-state index contributed by atoms with van der Waals surface area (Å²) in [7, 11) is 1.58. The van der Waals surface area contributed by atoms with Crippen molar-refractivity contribution in [2.24, 2.45) is 5.92 Å². The van der Waals surface area contributed by atoms with E-state index in [1.807, 2.05) is 0 Å². The van der Waals surface area contributed by atoms with Crippen molar-refractivity contribution in [3.8, 4) is 0 Å². The third-order valence-corrected chi connectivity index (χ3v) is 3.90. The largest absolute Gasteiger partial charge is 0.394 e. The van der Waals surface area contributed by atoms with Gasteiger partial charge in [-0.1, -0.05) is 0 Å². The van der Waals surface area contributed by atoms with Gasteiger partial charge in [-0.15, -0.1) is 0 Å². The molecular weight excluding hydrogens is 194 g/mol. The van der Waals surface area contributed by atoms with E-state index in [9.17, 15) is 9.90 Å². The summed E-state index contributed by atoms with van der Waals surface area (Å²) in [5.74, 6) is 0.309. The maximum atomic E-state index is 12.2. The molecule has 3 saturated heterocycles. The second-order valence-electron chi connectivity index (χ2n) is 4.75. The van der Waals surface area contributed by atoms with Crippen LogP contribution in [0.25, 0.3) is 0 Å². The molecule has 4 nitrogen and oxygen atoms in total. The van der Waals surface area contributed by atoms with Gasteiger partial charge in [0.05, 0.1) is 13.2 Å². The van der Waals surface area contributed by atoms with Crippen molar-refractivity contribution in [2.45, 2.75) is 31.3 Å². The van der Waals surface area contributed by atoms with Crippen LogP contribution < -0.4 is 0 Å². The van der Waals surface area contributed by atoms with Crippen molar-refractivity contribution in [3.05, 3.63) is 0 Å². The number of methoxy groups -OCH3 is 1. The molecule has 3 aliphatic rings. The fourth-order valence-corrected chi connectivity index (χ4v) is 3.17. The lowest BCUT2D eigenvalue weighted by atomic mass is 9.71. The van der Waals surface area contributed by atoms with E-state index >= 15 is 0 Å². The highest BCUT2D eigenvalue weighted by Gasteiger charge is 2.55. The Balaban J connectivity index is 2.32. The molecule has 0 spiro atoms. The Hall–Kier alpha value is -0.450. The molecule has 86 valence electrons. The van der Waals surface area contributed by atoms with Crippen LogP contribution in [0.15, 0.2) is 0 Å². The molecule has 0 saturated carbocycles. The van der Waals surface area contributed by atoms with Gasteiger partial charge >= 0.3 is 0 Å². The second kappa shape index (κ2) is 3.85. The highest BCUT2D eigenvalue weighted by atomic mass is 16.5. The van der Waals surface area contributed by atoms with Crippen molar-refractivity contribution < 1.29 is 14.6 Å². The zero-order chi connectivity index (χ0) is 11.1. The summed E-state index contributed by atoms with van der Waals surface area (Å²) in [6.45, 7) is 3.21. The maximum Gasteiger partial charge on any atom is 0.161 e. The van der Waals surface area contributed by atoms with Gasteiger partial charge in [0.25, 0.3) is 0 Å². The number of carbonyl (C=O) groups excluding carboxylic acids is 1. The fraction of sp³-hybridized carbons (Fsp3) is 0.909. The first-order valence-electron chi connectivity index (χ1n) is 5.56. The molecule has 4 atom stereocenters. The minimum atomic E-state index is -0.755. The smallest absolute Gasteiger partial charge is 0.161 e. The number of hydrogen-bond donors (Lipinski definition) is 1. The van der Waals surface area contributed by atoms with Crippen LogP contribution in [-0.4, -0.2) is 54.2 Å². The number of ketones is 1. The molecule has 3 heterocycles. The number of ether oxygens (including phenoxy) is 1. The van der Waals surface area contributed by atoms with E-state index in [4.69, 9.17) is 4.74 Å². The van der Waals surface area contributed by atoms with Crippen LogP contribution in [0, 0.1) is 5.92 Å². The highest BCUT2D eigenvalue weighted by molar-refractivity contribution is 5.92. The summed E-state index contributed by atoms with van der Waals surface area (Å²) < 4.78 is 5.12. The van der Waals surface area contributed by atoms with Crippen molar-refractivity contribution in [2.75, 3.05) is 26.9 Å². The van der Waals surface area contributed by atoms with Crippen molar-refractivity contribution in [1.82, 2.24) is 4.90 Å². The number of nitrogens with zero attached hydrogens (tertiary/aromatic N) is 1. The lowest BCUT2D eigenvalue weighted by molar-refractivity contribution is -0.164. The lowest BCUT2D eigenvalue weighted by Crippen LogP contribution is -2.71. The summed E-state index contributed by atoms with van der Waals surface area (Å²) in [6.07, 6.45) is 1.87. The van der Waals surface area contributed by atoms with E-state index in [-0.39, 0.29) is 18.3 Å². The highest BCUT2D eigenvalue weighted by Crippen LogP contribution is 2.39. The Kier molecular flexibility index (Phi) is 2.83. The van der Waals surface area contributed by atoms with Crippen LogP contribution in [0.2, 0.25) is 0 Å². The number of rotatable bonds is 3. The van der Waals surface area contributed by atoms with Gasteiger partial charge in [-0.3, -0.25) is 9.69 Å². The molecule has 3 unspecified atom stereocenters. The molecule has 3 fully saturated rings. The SMILES string of the molecule is COC[C@]1(CO)C(=O)C2CCN1C(C)C2. The van der Waals surface area contributed by atoms with Crippen molar-refractivity contribution in [3.63, 3.8) is 0 Å². The minimum absolute atomic E-state index is 0.124. The molecule has 3 aliphatic heterocycles.